The highest BCUT2D eigenvalue weighted by molar-refractivity contribution is 6.16. The lowest BCUT2D eigenvalue weighted by Gasteiger charge is -2.26. The number of benzene rings is 8. The highest BCUT2D eigenvalue weighted by atomic mass is 16.7. The molecule has 8 aromatic carbocycles. The molecule has 74 heavy (non-hydrogen) atoms. The summed E-state index contributed by atoms with van der Waals surface area (Å²) in [4.78, 5) is 0. The summed E-state index contributed by atoms with van der Waals surface area (Å²) in [5.41, 5.74) is 7.11. The van der Waals surface area contributed by atoms with Gasteiger partial charge in [0.25, 0.3) is 0 Å². The van der Waals surface area contributed by atoms with Gasteiger partial charge in [-0.1, -0.05) is 121 Å². The quantitative estimate of drug-likeness (QED) is 0.0361. The molecular formula is C62H66O12. The van der Waals surface area contributed by atoms with Crippen molar-refractivity contribution in [3.8, 4) is 57.1 Å². The minimum Gasteiger partial charge on any atom is -0.496 e. The Morgan fingerprint density at radius 3 is 0.986 bits per heavy atom. The van der Waals surface area contributed by atoms with E-state index in [0.717, 1.165) is 44.2 Å². The summed E-state index contributed by atoms with van der Waals surface area (Å²) < 4.78 is 76.3. The van der Waals surface area contributed by atoms with Gasteiger partial charge in [0.2, 0.25) is 0 Å². The Hall–Kier alpha value is -7.48. The topological polar surface area (TPSA) is 111 Å². The van der Waals surface area contributed by atoms with Crippen LogP contribution in [0.5, 0.6) is 46.0 Å². The van der Waals surface area contributed by atoms with E-state index in [-0.39, 0.29) is 39.0 Å². The maximum Gasteiger partial charge on any atom is 0.173 e. The van der Waals surface area contributed by atoms with Crippen LogP contribution in [0.3, 0.4) is 0 Å². The SMILES string of the molecule is COc1cc(OC)c2c(OCc3ccccc3)c(OC)c(C[C@H](C)OCOCc3ccccc3)cc2c1-c1c(OC)cc(OC)c2c(OCc3ccccc3)c(OC)c(C[C@H](C)OCOCc3ccccc3)cc12. The predicted molar refractivity (Wildman–Crippen MR) is 288 cm³/mol. The molecule has 0 fully saturated rings. The van der Waals surface area contributed by atoms with Gasteiger partial charge in [-0.15, -0.1) is 0 Å². The number of rotatable bonds is 27. The van der Waals surface area contributed by atoms with Gasteiger partial charge < -0.3 is 56.8 Å². The molecule has 0 spiro atoms. The Labute approximate surface area is 434 Å². The first-order chi connectivity index (χ1) is 36.3. The lowest BCUT2D eigenvalue weighted by Crippen LogP contribution is -2.15. The third kappa shape index (κ3) is 12.5. The van der Waals surface area contributed by atoms with Gasteiger partial charge >= 0.3 is 0 Å². The molecule has 0 bridgehead atoms. The zero-order valence-electron chi connectivity index (χ0n) is 43.6. The minimum absolute atomic E-state index is 0.0933. The number of hydrogen-bond acceptors (Lipinski definition) is 12. The molecule has 2 atom stereocenters. The lowest BCUT2D eigenvalue weighted by atomic mass is 9.87. The first-order valence-corrected chi connectivity index (χ1v) is 24.7. The summed E-state index contributed by atoms with van der Waals surface area (Å²) in [6.45, 7) is 5.55. The lowest BCUT2D eigenvalue weighted by molar-refractivity contribution is -0.0903. The zero-order valence-corrected chi connectivity index (χ0v) is 43.6. The molecule has 0 heterocycles. The van der Waals surface area contributed by atoms with E-state index in [2.05, 4.69) is 12.1 Å². The van der Waals surface area contributed by atoms with E-state index >= 15 is 0 Å². The first kappa shape index (κ1) is 52.8. The molecule has 0 unspecified atom stereocenters. The van der Waals surface area contributed by atoms with Crippen molar-refractivity contribution in [2.24, 2.45) is 0 Å². The average molecular weight is 1000 g/mol. The molecule has 0 aliphatic heterocycles. The van der Waals surface area contributed by atoms with Crippen LogP contribution in [-0.2, 0) is 58.2 Å². The van der Waals surface area contributed by atoms with Crippen LogP contribution in [0.2, 0.25) is 0 Å². The molecule has 386 valence electrons. The molecule has 0 radical (unpaired) electrons. The second-order valence-electron chi connectivity index (χ2n) is 17.8. The van der Waals surface area contributed by atoms with E-state index in [1.807, 2.05) is 147 Å². The molecule has 0 aliphatic rings. The minimum atomic E-state index is -0.307. The number of hydrogen-bond donors (Lipinski definition) is 0. The summed E-state index contributed by atoms with van der Waals surface area (Å²) in [5, 5.41) is 2.82. The predicted octanol–water partition coefficient (Wildman–Crippen LogP) is 13.1. The maximum atomic E-state index is 6.91. The van der Waals surface area contributed by atoms with Crippen molar-refractivity contribution in [3.05, 3.63) is 179 Å². The van der Waals surface area contributed by atoms with E-state index in [1.165, 1.54) is 0 Å². The smallest absolute Gasteiger partial charge is 0.173 e. The van der Waals surface area contributed by atoms with Crippen molar-refractivity contribution in [2.45, 2.75) is 65.3 Å². The highest BCUT2D eigenvalue weighted by Crippen LogP contribution is 2.56. The monoisotopic (exact) mass is 1000 g/mol. The molecule has 8 rings (SSSR count). The molecule has 12 nitrogen and oxygen atoms in total. The van der Waals surface area contributed by atoms with Crippen LogP contribution in [-0.4, -0.2) is 68.5 Å². The van der Waals surface area contributed by atoms with Crippen LogP contribution < -0.4 is 37.9 Å². The van der Waals surface area contributed by atoms with Gasteiger partial charge in [-0.3, -0.25) is 0 Å². The fourth-order valence-electron chi connectivity index (χ4n) is 9.24. The zero-order chi connectivity index (χ0) is 51.8. The van der Waals surface area contributed by atoms with Crippen LogP contribution in [0.15, 0.2) is 146 Å². The van der Waals surface area contributed by atoms with Crippen molar-refractivity contribution in [3.63, 3.8) is 0 Å². The van der Waals surface area contributed by atoms with Crippen molar-refractivity contribution in [2.75, 3.05) is 56.2 Å². The van der Waals surface area contributed by atoms with Gasteiger partial charge in [-0.25, -0.2) is 0 Å². The van der Waals surface area contributed by atoms with Gasteiger partial charge in [0.05, 0.1) is 78.9 Å². The molecule has 0 saturated heterocycles. The van der Waals surface area contributed by atoms with Crippen molar-refractivity contribution in [1.29, 1.82) is 0 Å². The Kier molecular flexibility index (Phi) is 18.5. The molecule has 12 heteroatoms. The van der Waals surface area contributed by atoms with Gasteiger partial charge in [-0.05, 0) is 48.2 Å². The molecule has 0 N–H and O–H groups in total. The molecule has 0 aliphatic carbocycles. The molecule has 8 aromatic rings. The molecule has 0 aromatic heterocycles. The van der Waals surface area contributed by atoms with E-state index < -0.39 is 0 Å². The Morgan fingerprint density at radius 1 is 0.351 bits per heavy atom. The van der Waals surface area contributed by atoms with Gasteiger partial charge in [0.1, 0.15) is 49.8 Å². The second-order valence-corrected chi connectivity index (χ2v) is 17.8. The summed E-state index contributed by atoms with van der Waals surface area (Å²) in [7, 11) is 9.86. The molecule has 0 saturated carbocycles. The van der Waals surface area contributed by atoms with Crippen molar-refractivity contribution in [1.82, 2.24) is 0 Å². The third-order valence-corrected chi connectivity index (χ3v) is 12.8. The first-order valence-electron chi connectivity index (χ1n) is 24.7. The van der Waals surface area contributed by atoms with Crippen LogP contribution in [0.25, 0.3) is 32.7 Å². The van der Waals surface area contributed by atoms with Crippen molar-refractivity contribution < 1.29 is 56.8 Å². The van der Waals surface area contributed by atoms with E-state index in [4.69, 9.17) is 56.8 Å². The Bertz CT molecular complexity index is 2850. The van der Waals surface area contributed by atoms with E-state index in [1.54, 1.807) is 42.7 Å². The average Bonchev–Trinajstić information content (AvgIpc) is 3.45. The van der Waals surface area contributed by atoms with Gasteiger partial charge in [-0.2, -0.15) is 0 Å². The van der Waals surface area contributed by atoms with Gasteiger partial charge in [0, 0.05) is 58.0 Å². The van der Waals surface area contributed by atoms with Crippen LogP contribution in [0.1, 0.15) is 47.2 Å². The second kappa shape index (κ2) is 26.0. The number of ether oxygens (including phenoxy) is 12. The fraction of sp³-hybridized carbons (Fsp3) is 0.290. The Balaban J connectivity index is 1.33. The maximum absolute atomic E-state index is 6.91. The number of fused-ring (bicyclic) bond motifs is 2. The summed E-state index contributed by atoms with van der Waals surface area (Å²) >= 11 is 0. The third-order valence-electron chi connectivity index (χ3n) is 12.8. The van der Waals surface area contributed by atoms with Crippen molar-refractivity contribution >= 4 is 21.5 Å². The van der Waals surface area contributed by atoms with E-state index in [0.29, 0.717) is 94.0 Å². The van der Waals surface area contributed by atoms with Crippen LogP contribution in [0, 0.1) is 0 Å². The fourth-order valence-corrected chi connectivity index (χ4v) is 9.24. The standard InChI is InChI=1S/C62H66O12/c1-41(73-39-69-35-43-21-13-9-14-22-43)29-47-31-49-55(51(63-3)33-53(65-5)57(49)61(59(47)67-7)71-37-45-25-17-11-18-26-45)56-50-32-48(30-42(2)74-40-70-36-44-23-15-10-16-24-44)60(68-8)62(72-38-46-27-19-12-20-28-46)58(50)54(66-6)34-52(56)64-4/h9-28,31-34,41-42H,29-30,35-40H2,1-8H3/t41-,42-/m0/s1. The highest BCUT2D eigenvalue weighted by Gasteiger charge is 2.31. The summed E-state index contributed by atoms with van der Waals surface area (Å²) in [6.07, 6.45) is 0.249. The number of methoxy groups -OCH3 is 6. The summed E-state index contributed by atoms with van der Waals surface area (Å²) in [5.74, 6) is 4.11. The van der Waals surface area contributed by atoms with Gasteiger partial charge in [0.15, 0.2) is 23.0 Å². The normalized spacial score (nSPS) is 12.1. The molecule has 0 amide bonds. The van der Waals surface area contributed by atoms with Crippen LogP contribution >= 0.6 is 0 Å². The Morgan fingerprint density at radius 2 is 0.676 bits per heavy atom. The molecular weight excluding hydrogens is 937 g/mol. The van der Waals surface area contributed by atoms with E-state index in [9.17, 15) is 0 Å². The summed E-state index contributed by atoms with van der Waals surface area (Å²) in [6, 6.07) is 48.0. The largest absolute Gasteiger partial charge is 0.496 e. The van der Waals surface area contributed by atoms with Crippen LogP contribution in [0.4, 0.5) is 0 Å².